The van der Waals surface area contributed by atoms with Gasteiger partial charge in [0.1, 0.15) is 11.6 Å². The fourth-order valence-electron chi connectivity index (χ4n) is 2.29. The highest BCUT2D eigenvalue weighted by Gasteiger charge is 2.09. The molecule has 3 aromatic rings. The second-order valence-corrected chi connectivity index (χ2v) is 4.91. The molecule has 0 spiro atoms. The molecule has 0 fully saturated rings. The zero-order chi connectivity index (χ0) is 15.0. The van der Waals surface area contributed by atoms with E-state index in [1.165, 1.54) is 12.1 Å². The summed E-state index contributed by atoms with van der Waals surface area (Å²) in [6, 6.07) is 8.57. The quantitative estimate of drug-likeness (QED) is 0.692. The van der Waals surface area contributed by atoms with Crippen molar-refractivity contribution in [2.24, 2.45) is 0 Å². The van der Waals surface area contributed by atoms with Gasteiger partial charge in [-0.2, -0.15) is 0 Å². The van der Waals surface area contributed by atoms with Gasteiger partial charge in [0.25, 0.3) is 0 Å². The summed E-state index contributed by atoms with van der Waals surface area (Å²) in [5, 5.41) is 3.03. The number of hydrogen-bond acceptors (Lipinski definition) is 2. The molecule has 0 saturated carbocycles. The summed E-state index contributed by atoms with van der Waals surface area (Å²) in [6.45, 7) is 1.87. The van der Waals surface area contributed by atoms with Crippen LogP contribution in [0.4, 0.5) is 14.5 Å². The molecule has 0 amide bonds. The summed E-state index contributed by atoms with van der Waals surface area (Å²) < 4.78 is 26.3. The van der Waals surface area contributed by atoms with Gasteiger partial charge in [-0.25, -0.2) is 13.6 Å². The fraction of sp³-hybridized carbons (Fsp3) is 0.133. The maximum atomic E-state index is 13.2. The number of benzene rings is 2. The average Bonchev–Trinajstić information content (AvgIpc) is 2.76. The van der Waals surface area contributed by atoms with Crippen molar-refractivity contribution < 1.29 is 8.78 Å². The van der Waals surface area contributed by atoms with Crippen LogP contribution in [0.1, 0.15) is 18.5 Å². The average molecular weight is 289 g/mol. The molecule has 2 aromatic carbocycles. The summed E-state index contributed by atoms with van der Waals surface area (Å²) in [5.74, 6) is -1.26. The van der Waals surface area contributed by atoms with Gasteiger partial charge in [0, 0.05) is 17.8 Å². The minimum atomic E-state index is -0.630. The third-order valence-corrected chi connectivity index (χ3v) is 3.29. The van der Waals surface area contributed by atoms with Crippen molar-refractivity contribution in [3.05, 3.63) is 64.1 Å². The molecule has 0 radical (unpaired) electrons. The number of hydrogen-bond donors (Lipinski definition) is 3. The zero-order valence-electron chi connectivity index (χ0n) is 11.2. The van der Waals surface area contributed by atoms with Crippen LogP contribution in [0.15, 0.2) is 41.2 Å². The molecule has 0 aliphatic carbocycles. The van der Waals surface area contributed by atoms with E-state index in [-0.39, 0.29) is 11.7 Å². The third-order valence-electron chi connectivity index (χ3n) is 3.29. The highest BCUT2D eigenvalue weighted by Crippen LogP contribution is 2.22. The zero-order valence-corrected chi connectivity index (χ0v) is 11.2. The van der Waals surface area contributed by atoms with E-state index in [2.05, 4.69) is 15.3 Å². The first-order chi connectivity index (χ1) is 10.0. The van der Waals surface area contributed by atoms with E-state index in [0.29, 0.717) is 16.7 Å². The van der Waals surface area contributed by atoms with Crippen LogP contribution in [0.25, 0.3) is 11.0 Å². The van der Waals surface area contributed by atoms with E-state index < -0.39 is 11.6 Å². The molecule has 1 unspecified atom stereocenters. The molecule has 4 nitrogen and oxygen atoms in total. The van der Waals surface area contributed by atoms with E-state index in [4.69, 9.17) is 0 Å². The van der Waals surface area contributed by atoms with Gasteiger partial charge in [0.15, 0.2) is 0 Å². The van der Waals surface area contributed by atoms with Gasteiger partial charge in [-0.1, -0.05) is 6.07 Å². The third kappa shape index (κ3) is 2.79. The van der Waals surface area contributed by atoms with E-state index >= 15 is 0 Å². The van der Waals surface area contributed by atoms with Crippen molar-refractivity contribution in [3.8, 4) is 0 Å². The van der Waals surface area contributed by atoms with Crippen LogP contribution in [0.3, 0.4) is 0 Å². The molecule has 1 aromatic heterocycles. The van der Waals surface area contributed by atoms with Crippen molar-refractivity contribution in [3.63, 3.8) is 0 Å². The number of H-pyrrole nitrogens is 2. The standard InChI is InChI=1S/C15H13F2N3O/c1-8(18-12-6-10(16)5-11(17)7-12)9-2-3-13-14(4-9)20-15(21)19-13/h2-8,18H,1H3,(H2,19,20,21). The van der Waals surface area contributed by atoms with Crippen LogP contribution < -0.4 is 11.0 Å². The van der Waals surface area contributed by atoms with E-state index in [9.17, 15) is 13.6 Å². The van der Waals surface area contributed by atoms with Crippen molar-refractivity contribution in [1.82, 2.24) is 9.97 Å². The molecule has 1 atom stereocenters. The normalized spacial score (nSPS) is 12.5. The predicted octanol–water partition coefficient (Wildman–Crippen LogP) is 3.31. The van der Waals surface area contributed by atoms with Crippen LogP contribution in [0, 0.1) is 11.6 Å². The van der Waals surface area contributed by atoms with Crippen LogP contribution in [-0.2, 0) is 0 Å². The molecule has 3 rings (SSSR count). The van der Waals surface area contributed by atoms with Gasteiger partial charge >= 0.3 is 5.69 Å². The second-order valence-electron chi connectivity index (χ2n) is 4.91. The predicted molar refractivity (Wildman–Crippen MR) is 77.3 cm³/mol. The summed E-state index contributed by atoms with van der Waals surface area (Å²) >= 11 is 0. The molecular weight excluding hydrogens is 276 g/mol. The van der Waals surface area contributed by atoms with Crippen molar-refractivity contribution in [1.29, 1.82) is 0 Å². The van der Waals surface area contributed by atoms with Crippen molar-refractivity contribution >= 4 is 16.7 Å². The molecule has 1 heterocycles. The summed E-state index contributed by atoms with van der Waals surface area (Å²) in [6.07, 6.45) is 0. The van der Waals surface area contributed by atoms with Crippen LogP contribution in [0.5, 0.6) is 0 Å². The van der Waals surface area contributed by atoms with Gasteiger partial charge in [0.05, 0.1) is 11.0 Å². The summed E-state index contributed by atoms with van der Waals surface area (Å²) in [4.78, 5) is 16.6. The van der Waals surface area contributed by atoms with Crippen LogP contribution in [0.2, 0.25) is 0 Å². The molecule has 21 heavy (non-hydrogen) atoms. The van der Waals surface area contributed by atoms with Gasteiger partial charge < -0.3 is 15.3 Å². The lowest BCUT2D eigenvalue weighted by Crippen LogP contribution is -2.07. The van der Waals surface area contributed by atoms with Gasteiger partial charge in [-0.3, -0.25) is 0 Å². The number of halogens is 2. The van der Waals surface area contributed by atoms with Crippen molar-refractivity contribution in [2.75, 3.05) is 5.32 Å². The minimum absolute atomic E-state index is 0.172. The fourth-order valence-corrected chi connectivity index (χ4v) is 2.29. The molecule has 3 N–H and O–H groups in total. The Balaban J connectivity index is 1.88. The maximum absolute atomic E-state index is 13.2. The maximum Gasteiger partial charge on any atom is 0.323 e. The Morgan fingerprint density at radius 3 is 2.38 bits per heavy atom. The molecule has 0 aliphatic heterocycles. The Kier molecular flexibility index (Phi) is 3.21. The first-order valence-electron chi connectivity index (χ1n) is 6.46. The number of fused-ring (bicyclic) bond motifs is 1. The number of anilines is 1. The Bertz CT molecular complexity index is 833. The molecule has 6 heteroatoms. The van der Waals surface area contributed by atoms with E-state index in [1.54, 1.807) is 6.07 Å². The van der Waals surface area contributed by atoms with Crippen LogP contribution in [-0.4, -0.2) is 9.97 Å². The molecule has 0 aliphatic rings. The molecule has 0 bridgehead atoms. The minimum Gasteiger partial charge on any atom is -0.378 e. The Morgan fingerprint density at radius 1 is 1.00 bits per heavy atom. The first kappa shape index (κ1) is 13.4. The Morgan fingerprint density at radius 2 is 1.67 bits per heavy atom. The SMILES string of the molecule is CC(Nc1cc(F)cc(F)c1)c1ccc2[nH]c(=O)[nH]c2c1. The molecular formula is C15H13F2N3O. The largest absolute Gasteiger partial charge is 0.378 e. The second kappa shape index (κ2) is 5.05. The lowest BCUT2D eigenvalue weighted by molar-refractivity contribution is 0.583. The highest BCUT2D eigenvalue weighted by molar-refractivity contribution is 5.75. The number of rotatable bonds is 3. The van der Waals surface area contributed by atoms with Crippen molar-refractivity contribution in [2.45, 2.75) is 13.0 Å². The Hall–Kier alpha value is -2.63. The topological polar surface area (TPSA) is 60.7 Å². The Labute approximate surface area is 118 Å². The lowest BCUT2D eigenvalue weighted by Gasteiger charge is -2.16. The first-order valence-corrected chi connectivity index (χ1v) is 6.46. The van der Waals surface area contributed by atoms with Gasteiger partial charge in [-0.05, 0) is 36.8 Å². The number of aromatic amines is 2. The number of aromatic nitrogens is 2. The number of imidazole rings is 1. The number of nitrogens with one attached hydrogen (secondary N) is 3. The molecule has 108 valence electrons. The van der Waals surface area contributed by atoms with Crippen LogP contribution >= 0.6 is 0 Å². The smallest absolute Gasteiger partial charge is 0.323 e. The molecule has 0 saturated heterocycles. The summed E-state index contributed by atoms with van der Waals surface area (Å²) in [7, 11) is 0. The van der Waals surface area contributed by atoms with Gasteiger partial charge in [-0.15, -0.1) is 0 Å². The highest BCUT2D eigenvalue weighted by atomic mass is 19.1. The monoisotopic (exact) mass is 289 g/mol. The van der Waals surface area contributed by atoms with E-state index in [1.807, 2.05) is 19.1 Å². The lowest BCUT2D eigenvalue weighted by atomic mass is 10.1. The van der Waals surface area contributed by atoms with Gasteiger partial charge in [0.2, 0.25) is 0 Å². The van der Waals surface area contributed by atoms with E-state index in [0.717, 1.165) is 11.6 Å². The summed E-state index contributed by atoms with van der Waals surface area (Å²) in [5.41, 5.74) is 2.39.